The van der Waals surface area contributed by atoms with Gasteiger partial charge >= 0.3 is 12.1 Å². The van der Waals surface area contributed by atoms with Crippen LogP contribution in [-0.2, 0) is 16.1 Å². The molecule has 0 spiro atoms. The van der Waals surface area contributed by atoms with Crippen molar-refractivity contribution in [3.8, 4) is 0 Å². The average molecular weight is 380 g/mol. The molecule has 28 heavy (non-hydrogen) atoms. The zero-order chi connectivity index (χ0) is 19.5. The minimum Gasteiger partial charge on any atom is -0.462 e. The average Bonchev–Trinajstić information content (AvgIpc) is 3.04. The molecule has 2 aromatic rings. The summed E-state index contributed by atoms with van der Waals surface area (Å²) in [7, 11) is 0. The quantitative estimate of drug-likeness (QED) is 0.745. The molecule has 2 aliphatic rings. The molecule has 0 unspecified atom stereocenters. The number of amides is 1. The molecule has 2 heterocycles. The number of carbonyl (C=O) groups excluding carboxylic acids is 2. The molecular formula is C22H24N2O4. The smallest absolute Gasteiger partial charge is 0.410 e. The summed E-state index contributed by atoms with van der Waals surface area (Å²) >= 11 is 0. The molecule has 2 atom stereocenters. The van der Waals surface area contributed by atoms with Crippen LogP contribution in [0.4, 0.5) is 10.5 Å². The van der Waals surface area contributed by atoms with Crippen molar-refractivity contribution in [1.82, 2.24) is 4.90 Å². The van der Waals surface area contributed by atoms with Gasteiger partial charge in [-0.15, -0.1) is 0 Å². The molecule has 0 aromatic heterocycles. The Balaban J connectivity index is 1.31. The van der Waals surface area contributed by atoms with Crippen LogP contribution in [0.3, 0.4) is 0 Å². The highest BCUT2D eigenvalue weighted by Crippen LogP contribution is 2.36. The molecule has 1 amide bonds. The SMILES string of the molecule is CCOC(=O)c1ccc(N2C[C@H]3CN(C(=O)OCc4ccccc4)C[C@H]32)cc1. The number of fused-ring (bicyclic) bond motifs is 1. The third kappa shape index (κ3) is 3.67. The Morgan fingerprint density at radius 3 is 2.43 bits per heavy atom. The van der Waals surface area contributed by atoms with Crippen LogP contribution < -0.4 is 4.90 Å². The van der Waals surface area contributed by atoms with E-state index in [4.69, 9.17) is 9.47 Å². The van der Waals surface area contributed by atoms with E-state index in [0.29, 0.717) is 37.3 Å². The van der Waals surface area contributed by atoms with E-state index in [1.54, 1.807) is 24.0 Å². The van der Waals surface area contributed by atoms with E-state index >= 15 is 0 Å². The second-order valence-electron chi connectivity index (χ2n) is 7.19. The van der Waals surface area contributed by atoms with Crippen molar-refractivity contribution in [2.24, 2.45) is 5.92 Å². The summed E-state index contributed by atoms with van der Waals surface area (Å²) in [4.78, 5) is 28.3. The number of carbonyl (C=O) groups is 2. The third-order valence-electron chi connectivity index (χ3n) is 5.41. The number of esters is 1. The van der Waals surface area contributed by atoms with E-state index in [1.807, 2.05) is 42.5 Å². The summed E-state index contributed by atoms with van der Waals surface area (Å²) in [5, 5.41) is 0. The molecule has 2 aromatic carbocycles. The highest BCUT2D eigenvalue weighted by molar-refractivity contribution is 5.89. The lowest BCUT2D eigenvalue weighted by Crippen LogP contribution is -2.55. The zero-order valence-corrected chi connectivity index (χ0v) is 15.9. The lowest BCUT2D eigenvalue weighted by Gasteiger charge is -2.45. The van der Waals surface area contributed by atoms with Crippen molar-refractivity contribution in [3.05, 3.63) is 65.7 Å². The van der Waals surface area contributed by atoms with Gasteiger partial charge in [0.05, 0.1) is 18.2 Å². The second kappa shape index (κ2) is 7.92. The van der Waals surface area contributed by atoms with Crippen molar-refractivity contribution < 1.29 is 19.1 Å². The molecular weight excluding hydrogens is 356 g/mol. The number of benzene rings is 2. The molecule has 146 valence electrons. The molecule has 6 nitrogen and oxygen atoms in total. The number of likely N-dealkylation sites (tertiary alicyclic amines) is 1. The van der Waals surface area contributed by atoms with Crippen molar-refractivity contribution in [1.29, 1.82) is 0 Å². The summed E-state index contributed by atoms with van der Waals surface area (Å²) in [6, 6.07) is 17.5. The molecule has 0 aliphatic carbocycles. The third-order valence-corrected chi connectivity index (χ3v) is 5.41. The van der Waals surface area contributed by atoms with E-state index < -0.39 is 0 Å². The largest absolute Gasteiger partial charge is 0.462 e. The summed E-state index contributed by atoms with van der Waals surface area (Å²) in [5.74, 6) is 0.165. The predicted molar refractivity (Wildman–Crippen MR) is 105 cm³/mol. The van der Waals surface area contributed by atoms with E-state index in [9.17, 15) is 9.59 Å². The maximum Gasteiger partial charge on any atom is 0.410 e. The molecule has 6 heteroatoms. The number of hydrogen-bond donors (Lipinski definition) is 0. The van der Waals surface area contributed by atoms with Gasteiger partial charge in [0.2, 0.25) is 0 Å². The van der Waals surface area contributed by atoms with Gasteiger partial charge in [0.1, 0.15) is 6.61 Å². The maximum absolute atomic E-state index is 12.4. The van der Waals surface area contributed by atoms with Crippen molar-refractivity contribution in [2.45, 2.75) is 19.6 Å². The van der Waals surface area contributed by atoms with Crippen LogP contribution in [-0.4, -0.2) is 49.2 Å². The Hall–Kier alpha value is -3.02. The molecule has 4 rings (SSSR count). The standard InChI is InChI=1S/C22H24N2O4/c1-2-27-21(25)17-8-10-19(11-9-17)24-13-18-12-23(14-20(18)24)22(26)28-15-16-6-4-3-5-7-16/h3-11,18,20H,2,12-15H2,1H3/t18-,20-/m1/s1. The monoisotopic (exact) mass is 380 g/mol. The van der Waals surface area contributed by atoms with Gasteiger partial charge in [-0.3, -0.25) is 0 Å². The van der Waals surface area contributed by atoms with Crippen molar-refractivity contribution >= 4 is 17.7 Å². The van der Waals surface area contributed by atoms with Gasteiger partial charge in [0.15, 0.2) is 0 Å². The lowest BCUT2D eigenvalue weighted by molar-refractivity contribution is 0.0526. The molecule has 2 fully saturated rings. The fraction of sp³-hybridized carbons (Fsp3) is 0.364. The fourth-order valence-electron chi connectivity index (χ4n) is 3.90. The predicted octanol–water partition coefficient (Wildman–Crippen LogP) is 3.32. The van der Waals surface area contributed by atoms with E-state index in [-0.39, 0.29) is 12.1 Å². The van der Waals surface area contributed by atoms with Gasteiger partial charge < -0.3 is 19.3 Å². The molecule has 0 saturated carbocycles. The van der Waals surface area contributed by atoms with Crippen LogP contribution >= 0.6 is 0 Å². The summed E-state index contributed by atoms with van der Waals surface area (Å²) < 4.78 is 10.5. The lowest BCUT2D eigenvalue weighted by atomic mass is 9.91. The summed E-state index contributed by atoms with van der Waals surface area (Å²) in [6.45, 7) is 4.76. The maximum atomic E-state index is 12.4. The van der Waals surface area contributed by atoms with E-state index in [1.165, 1.54) is 0 Å². The van der Waals surface area contributed by atoms with E-state index in [0.717, 1.165) is 24.3 Å². The van der Waals surface area contributed by atoms with Crippen LogP contribution in [0, 0.1) is 5.92 Å². The van der Waals surface area contributed by atoms with Gasteiger partial charge in [-0.05, 0) is 36.8 Å². The normalized spacial score (nSPS) is 20.3. The number of hydrogen-bond acceptors (Lipinski definition) is 5. The second-order valence-corrected chi connectivity index (χ2v) is 7.19. The minimum atomic E-state index is -0.302. The van der Waals surface area contributed by atoms with Gasteiger partial charge in [-0.2, -0.15) is 0 Å². The van der Waals surface area contributed by atoms with Gasteiger partial charge in [0, 0.05) is 31.2 Å². The highest BCUT2D eigenvalue weighted by atomic mass is 16.6. The first kappa shape index (κ1) is 18.3. The van der Waals surface area contributed by atoms with Gasteiger partial charge in [-0.25, -0.2) is 9.59 Å². The van der Waals surface area contributed by atoms with Crippen LogP contribution in [0.15, 0.2) is 54.6 Å². The minimum absolute atomic E-state index is 0.254. The first-order valence-electron chi connectivity index (χ1n) is 9.65. The number of nitrogens with zero attached hydrogens (tertiary/aromatic N) is 2. The molecule has 0 N–H and O–H groups in total. The van der Waals surface area contributed by atoms with E-state index in [2.05, 4.69) is 4.90 Å². The molecule has 2 aliphatic heterocycles. The first-order valence-corrected chi connectivity index (χ1v) is 9.65. The number of ether oxygens (including phenoxy) is 2. The highest BCUT2D eigenvalue weighted by Gasteiger charge is 2.47. The van der Waals surface area contributed by atoms with Crippen molar-refractivity contribution in [2.75, 3.05) is 31.1 Å². The Morgan fingerprint density at radius 2 is 1.71 bits per heavy atom. The number of rotatable bonds is 5. The summed E-state index contributed by atoms with van der Waals surface area (Å²) in [5.41, 5.74) is 2.61. The first-order chi connectivity index (χ1) is 13.7. The molecule has 0 radical (unpaired) electrons. The molecule has 2 saturated heterocycles. The van der Waals surface area contributed by atoms with Crippen LogP contribution in [0.25, 0.3) is 0 Å². The van der Waals surface area contributed by atoms with Crippen LogP contribution in [0.5, 0.6) is 0 Å². The Labute approximate surface area is 164 Å². The van der Waals surface area contributed by atoms with Gasteiger partial charge in [0.25, 0.3) is 0 Å². The Bertz CT molecular complexity index is 837. The van der Waals surface area contributed by atoms with Crippen LogP contribution in [0.1, 0.15) is 22.8 Å². The van der Waals surface area contributed by atoms with Crippen molar-refractivity contribution in [3.63, 3.8) is 0 Å². The van der Waals surface area contributed by atoms with Crippen LogP contribution in [0.2, 0.25) is 0 Å². The fourth-order valence-corrected chi connectivity index (χ4v) is 3.90. The Kier molecular flexibility index (Phi) is 5.19. The molecule has 0 bridgehead atoms. The van der Waals surface area contributed by atoms with Gasteiger partial charge in [-0.1, -0.05) is 30.3 Å². The topological polar surface area (TPSA) is 59.1 Å². The summed E-state index contributed by atoms with van der Waals surface area (Å²) in [6.07, 6.45) is -0.254. The Morgan fingerprint density at radius 1 is 0.964 bits per heavy atom. The zero-order valence-electron chi connectivity index (χ0n) is 15.9. The number of anilines is 1.